The number of likely N-dealkylation sites (tertiary alicyclic amines) is 1. The molecular weight excluding hydrogens is 410 g/mol. The van der Waals surface area contributed by atoms with Crippen molar-refractivity contribution in [3.05, 3.63) is 66.3 Å². The molecule has 1 aromatic rings. The average molecular weight is 452 g/mol. The summed E-state index contributed by atoms with van der Waals surface area (Å²) in [4.78, 5) is 26.6. The first-order valence-electron chi connectivity index (χ1n) is 12.3. The zero-order valence-corrected chi connectivity index (χ0v) is 20.8. The van der Waals surface area contributed by atoms with E-state index in [0.717, 1.165) is 50.2 Å². The van der Waals surface area contributed by atoms with E-state index in [1.165, 1.54) is 5.56 Å². The van der Waals surface area contributed by atoms with Crippen LogP contribution >= 0.6 is 0 Å². The van der Waals surface area contributed by atoms with Crippen LogP contribution in [0.1, 0.15) is 64.9 Å². The lowest BCUT2D eigenvalue weighted by Crippen LogP contribution is -2.40. The predicted octanol–water partition coefficient (Wildman–Crippen LogP) is 5.43. The van der Waals surface area contributed by atoms with E-state index in [4.69, 9.17) is 0 Å². The molecule has 0 aliphatic carbocycles. The number of anilines is 1. The first kappa shape index (κ1) is 26.6. The molecule has 1 heterocycles. The normalized spacial score (nSPS) is 16.7. The molecule has 1 atom stereocenters. The number of amides is 2. The Kier molecular flexibility index (Phi) is 11.1. The van der Waals surface area contributed by atoms with Crippen molar-refractivity contribution in [3.8, 4) is 0 Å². The van der Waals surface area contributed by atoms with Crippen LogP contribution in [0.2, 0.25) is 0 Å². The number of nitrogens with one attached hydrogen (secondary N) is 2. The molecular formula is C28H41N3O2. The Bertz CT molecular complexity index is 848. The molecule has 1 fully saturated rings. The smallest absolute Gasteiger partial charge is 0.226 e. The van der Waals surface area contributed by atoms with Gasteiger partial charge in [0, 0.05) is 24.6 Å². The van der Waals surface area contributed by atoms with E-state index in [-0.39, 0.29) is 23.8 Å². The lowest BCUT2D eigenvalue weighted by atomic mass is 9.89. The SMILES string of the molecule is C=C/C=C(\C=C/C)C(CCN1CCC(c2cccc(NC(=O)C(C)C)c2)CC1)NC(=O)CC. The summed E-state index contributed by atoms with van der Waals surface area (Å²) in [6.07, 6.45) is 11.4. The van der Waals surface area contributed by atoms with Gasteiger partial charge in [0.05, 0.1) is 6.04 Å². The number of benzene rings is 1. The molecule has 1 aliphatic rings. The molecule has 0 spiro atoms. The highest BCUT2D eigenvalue weighted by atomic mass is 16.2. The van der Waals surface area contributed by atoms with Crippen molar-refractivity contribution in [2.75, 3.05) is 25.0 Å². The number of hydrogen-bond donors (Lipinski definition) is 2. The van der Waals surface area contributed by atoms with Gasteiger partial charge in [0.25, 0.3) is 0 Å². The second-order valence-electron chi connectivity index (χ2n) is 9.05. The van der Waals surface area contributed by atoms with Gasteiger partial charge in [-0.3, -0.25) is 9.59 Å². The molecule has 33 heavy (non-hydrogen) atoms. The van der Waals surface area contributed by atoms with E-state index in [1.807, 2.05) is 52.0 Å². The third-order valence-electron chi connectivity index (χ3n) is 6.20. The summed E-state index contributed by atoms with van der Waals surface area (Å²) < 4.78 is 0. The summed E-state index contributed by atoms with van der Waals surface area (Å²) in [5.41, 5.74) is 3.27. The zero-order valence-electron chi connectivity index (χ0n) is 20.8. The lowest BCUT2D eigenvalue weighted by molar-refractivity contribution is -0.121. The van der Waals surface area contributed by atoms with Crippen LogP contribution in [0.15, 0.2) is 60.7 Å². The maximum Gasteiger partial charge on any atom is 0.226 e. The minimum Gasteiger partial charge on any atom is -0.349 e. The molecule has 2 rings (SSSR count). The van der Waals surface area contributed by atoms with Crippen molar-refractivity contribution in [1.82, 2.24) is 10.2 Å². The molecule has 1 saturated heterocycles. The standard InChI is InChI=1S/C28H41N3O2/c1-6-10-23(11-7-2)26(30-27(32)8-3)16-19-31-17-14-22(15-18-31)24-12-9-13-25(20-24)29-28(33)21(4)5/h6-7,9-13,20-22,26H,1,8,14-19H2,2-5H3,(H,29,33)(H,30,32)/b11-7-,23-10+. The quantitative estimate of drug-likeness (QED) is 0.441. The summed E-state index contributed by atoms with van der Waals surface area (Å²) >= 11 is 0. The van der Waals surface area contributed by atoms with Gasteiger partial charge in [0.1, 0.15) is 0 Å². The van der Waals surface area contributed by atoms with Gasteiger partial charge >= 0.3 is 0 Å². The summed E-state index contributed by atoms with van der Waals surface area (Å²) in [5.74, 6) is 0.599. The number of carbonyl (C=O) groups excluding carboxylic acids is 2. The monoisotopic (exact) mass is 451 g/mol. The first-order chi connectivity index (χ1) is 15.9. The van der Waals surface area contributed by atoms with Gasteiger partial charge in [-0.1, -0.05) is 63.8 Å². The zero-order chi connectivity index (χ0) is 24.2. The van der Waals surface area contributed by atoms with E-state index in [0.29, 0.717) is 12.3 Å². The highest BCUT2D eigenvalue weighted by molar-refractivity contribution is 5.92. The second-order valence-corrected chi connectivity index (χ2v) is 9.05. The molecule has 0 radical (unpaired) electrons. The Morgan fingerprint density at radius 1 is 1.24 bits per heavy atom. The number of piperidine rings is 1. The fraction of sp³-hybridized carbons (Fsp3) is 0.500. The Morgan fingerprint density at radius 2 is 1.97 bits per heavy atom. The number of rotatable bonds is 11. The van der Waals surface area contributed by atoms with E-state index in [9.17, 15) is 9.59 Å². The van der Waals surface area contributed by atoms with Crippen LogP contribution in [0.25, 0.3) is 0 Å². The summed E-state index contributed by atoms with van der Waals surface area (Å²) in [5, 5.41) is 6.18. The third kappa shape index (κ3) is 8.65. The average Bonchev–Trinajstić information content (AvgIpc) is 2.82. The van der Waals surface area contributed by atoms with Gasteiger partial charge in [-0.05, 0) is 68.5 Å². The number of carbonyl (C=O) groups is 2. The van der Waals surface area contributed by atoms with Crippen LogP contribution in [-0.2, 0) is 9.59 Å². The van der Waals surface area contributed by atoms with Crippen LogP contribution in [-0.4, -0.2) is 42.4 Å². The Hall–Kier alpha value is -2.66. The minimum atomic E-state index is -0.0301. The molecule has 0 bridgehead atoms. The van der Waals surface area contributed by atoms with Crippen molar-refractivity contribution >= 4 is 17.5 Å². The molecule has 2 N–H and O–H groups in total. The Balaban J connectivity index is 1.94. The maximum absolute atomic E-state index is 12.1. The molecule has 0 saturated carbocycles. The molecule has 5 heteroatoms. The summed E-state index contributed by atoms with van der Waals surface area (Å²) in [6.45, 7) is 14.5. The molecule has 1 unspecified atom stereocenters. The summed E-state index contributed by atoms with van der Waals surface area (Å²) in [7, 11) is 0. The van der Waals surface area contributed by atoms with Crippen molar-refractivity contribution in [1.29, 1.82) is 0 Å². The Labute approximate surface area is 200 Å². The van der Waals surface area contributed by atoms with Gasteiger partial charge in [-0.2, -0.15) is 0 Å². The lowest BCUT2D eigenvalue weighted by Gasteiger charge is -2.33. The van der Waals surface area contributed by atoms with Crippen LogP contribution in [0.4, 0.5) is 5.69 Å². The highest BCUT2D eigenvalue weighted by Crippen LogP contribution is 2.30. The fourth-order valence-electron chi connectivity index (χ4n) is 4.19. The van der Waals surface area contributed by atoms with E-state index < -0.39 is 0 Å². The molecule has 2 amide bonds. The maximum atomic E-state index is 12.1. The van der Waals surface area contributed by atoms with E-state index in [1.54, 1.807) is 6.08 Å². The van der Waals surface area contributed by atoms with Crippen LogP contribution in [0.5, 0.6) is 0 Å². The predicted molar refractivity (Wildman–Crippen MR) is 138 cm³/mol. The van der Waals surface area contributed by atoms with Crippen LogP contribution in [0.3, 0.4) is 0 Å². The number of hydrogen-bond acceptors (Lipinski definition) is 3. The molecule has 1 aromatic carbocycles. The molecule has 5 nitrogen and oxygen atoms in total. The van der Waals surface area contributed by atoms with E-state index >= 15 is 0 Å². The van der Waals surface area contributed by atoms with Gasteiger partial charge in [0.2, 0.25) is 11.8 Å². The first-order valence-corrected chi connectivity index (χ1v) is 12.3. The van der Waals surface area contributed by atoms with E-state index in [2.05, 4.69) is 40.3 Å². The second kappa shape index (κ2) is 13.8. The van der Waals surface area contributed by atoms with Crippen molar-refractivity contribution in [3.63, 3.8) is 0 Å². The summed E-state index contributed by atoms with van der Waals surface area (Å²) in [6, 6.07) is 8.28. The van der Waals surface area contributed by atoms with Gasteiger partial charge < -0.3 is 15.5 Å². The molecule has 1 aliphatic heterocycles. The fourth-order valence-corrected chi connectivity index (χ4v) is 4.19. The number of allylic oxidation sites excluding steroid dienone is 3. The highest BCUT2D eigenvalue weighted by Gasteiger charge is 2.23. The van der Waals surface area contributed by atoms with Gasteiger partial charge in [0.15, 0.2) is 0 Å². The van der Waals surface area contributed by atoms with Crippen LogP contribution < -0.4 is 10.6 Å². The van der Waals surface area contributed by atoms with Crippen molar-refractivity contribution in [2.45, 2.75) is 65.3 Å². The molecule has 180 valence electrons. The topological polar surface area (TPSA) is 61.4 Å². The number of nitrogens with zero attached hydrogens (tertiary/aromatic N) is 1. The van der Waals surface area contributed by atoms with Crippen molar-refractivity contribution in [2.24, 2.45) is 5.92 Å². The minimum absolute atomic E-state index is 0.00868. The third-order valence-corrected chi connectivity index (χ3v) is 6.20. The van der Waals surface area contributed by atoms with Crippen LogP contribution in [0, 0.1) is 5.92 Å². The van der Waals surface area contributed by atoms with Gasteiger partial charge in [-0.15, -0.1) is 0 Å². The molecule has 0 aromatic heterocycles. The van der Waals surface area contributed by atoms with Crippen molar-refractivity contribution < 1.29 is 9.59 Å². The largest absolute Gasteiger partial charge is 0.349 e. The van der Waals surface area contributed by atoms with Gasteiger partial charge in [-0.25, -0.2) is 0 Å². The Morgan fingerprint density at radius 3 is 2.58 bits per heavy atom.